The van der Waals surface area contributed by atoms with Crippen LogP contribution in [-0.2, 0) is 0 Å². The molecule has 0 atom stereocenters. The van der Waals surface area contributed by atoms with Crippen molar-refractivity contribution >= 4 is 5.82 Å². The fraction of sp³-hybridized carbons (Fsp3) is 0.538. The predicted octanol–water partition coefficient (Wildman–Crippen LogP) is 1.29. The van der Waals surface area contributed by atoms with Gasteiger partial charge in [-0.1, -0.05) is 0 Å². The maximum Gasteiger partial charge on any atom is 0.434 e. The molecule has 21 heavy (non-hydrogen) atoms. The number of hydrogen-bond acceptors (Lipinski definition) is 6. The van der Waals surface area contributed by atoms with Gasteiger partial charge in [0, 0.05) is 19.0 Å². The van der Waals surface area contributed by atoms with Crippen molar-refractivity contribution in [3.8, 4) is 0 Å². The van der Waals surface area contributed by atoms with E-state index >= 15 is 0 Å². The minimum Gasteiger partial charge on any atom is -0.392 e. The molecule has 0 aliphatic carbocycles. The number of aromatic amines is 1. The fourth-order valence-corrected chi connectivity index (χ4v) is 2.64. The maximum atomic E-state index is 14.1. The van der Waals surface area contributed by atoms with Gasteiger partial charge in [0.05, 0.1) is 5.69 Å². The van der Waals surface area contributed by atoms with Gasteiger partial charge < -0.3 is 9.32 Å². The largest absolute Gasteiger partial charge is 0.434 e. The number of hydrogen-bond donors (Lipinski definition) is 1. The summed E-state index contributed by atoms with van der Waals surface area (Å²) in [6.45, 7) is 4.65. The van der Waals surface area contributed by atoms with Crippen LogP contribution in [-0.4, -0.2) is 33.3 Å². The number of piperidine rings is 1. The van der Waals surface area contributed by atoms with Gasteiger partial charge in [0.1, 0.15) is 5.82 Å². The van der Waals surface area contributed by atoms with Crippen LogP contribution < -0.4 is 10.7 Å². The van der Waals surface area contributed by atoms with Crippen molar-refractivity contribution in [2.75, 3.05) is 18.0 Å². The summed E-state index contributed by atoms with van der Waals surface area (Å²) in [6.07, 6.45) is 1.46. The zero-order valence-corrected chi connectivity index (χ0v) is 11.9. The number of aromatic nitrogens is 4. The summed E-state index contributed by atoms with van der Waals surface area (Å²) in [5.41, 5.74) is 0.359. The maximum absolute atomic E-state index is 14.1. The highest BCUT2D eigenvalue weighted by atomic mass is 19.1. The molecule has 0 bridgehead atoms. The Hall–Kier alpha value is -2.25. The first kappa shape index (κ1) is 13.7. The summed E-state index contributed by atoms with van der Waals surface area (Å²) < 4.78 is 19.1. The smallest absolute Gasteiger partial charge is 0.392 e. The predicted molar refractivity (Wildman–Crippen MR) is 72.8 cm³/mol. The number of rotatable bonds is 2. The molecule has 0 unspecified atom stereocenters. The Kier molecular flexibility index (Phi) is 3.44. The van der Waals surface area contributed by atoms with E-state index in [4.69, 9.17) is 4.42 Å². The van der Waals surface area contributed by atoms with Gasteiger partial charge in [-0.25, -0.2) is 24.3 Å². The topological polar surface area (TPSA) is 87.9 Å². The number of nitrogens with zero attached hydrogens (tertiary/aromatic N) is 4. The van der Waals surface area contributed by atoms with E-state index in [0.717, 1.165) is 12.8 Å². The molecule has 112 valence electrons. The average Bonchev–Trinajstić information content (AvgIpc) is 2.90. The van der Waals surface area contributed by atoms with Gasteiger partial charge >= 0.3 is 5.76 Å². The number of H-pyrrole nitrogens is 1. The number of aryl methyl sites for hydroxylation is 2. The Morgan fingerprint density at radius 2 is 2.00 bits per heavy atom. The minimum atomic E-state index is -0.541. The van der Waals surface area contributed by atoms with Crippen molar-refractivity contribution in [3.63, 3.8) is 0 Å². The molecule has 3 heterocycles. The molecule has 0 radical (unpaired) electrons. The third-order valence-corrected chi connectivity index (χ3v) is 3.71. The zero-order chi connectivity index (χ0) is 15.0. The highest BCUT2D eigenvalue weighted by molar-refractivity contribution is 5.42. The highest BCUT2D eigenvalue weighted by Gasteiger charge is 2.27. The monoisotopic (exact) mass is 293 g/mol. The van der Waals surface area contributed by atoms with Crippen molar-refractivity contribution in [2.24, 2.45) is 0 Å². The molecule has 8 heteroatoms. The van der Waals surface area contributed by atoms with Gasteiger partial charge in [-0.2, -0.15) is 0 Å². The first-order chi connectivity index (χ1) is 10.0. The second kappa shape index (κ2) is 5.27. The molecular weight excluding hydrogens is 277 g/mol. The third kappa shape index (κ3) is 2.65. The van der Waals surface area contributed by atoms with Crippen LogP contribution in [0.4, 0.5) is 10.2 Å². The van der Waals surface area contributed by atoms with Crippen molar-refractivity contribution in [3.05, 3.63) is 33.8 Å². The fourth-order valence-electron chi connectivity index (χ4n) is 2.64. The van der Waals surface area contributed by atoms with Crippen LogP contribution >= 0.6 is 0 Å². The summed E-state index contributed by atoms with van der Waals surface area (Å²) in [5, 5.41) is 6.13. The third-order valence-electron chi connectivity index (χ3n) is 3.71. The number of anilines is 1. The first-order valence-corrected chi connectivity index (χ1v) is 6.85. The van der Waals surface area contributed by atoms with Crippen LogP contribution in [0, 0.1) is 19.7 Å². The van der Waals surface area contributed by atoms with Crippen LogP contribution in [0.5, 0.6) is 0 Å². The van der Waals surface area contributed by atoms with Crippen molar-refractivity contribution < 1.29 is 8.81 Å². The lowest BCUT2D eigenvalue weighted by Gasteiger charge is -2.31. The molecule has 0 aromatic carbocycles. The number of nitrogens with one attached hydrogen (secondary N) is 1. The van der Waals surface area contributed by atoms with E-state index in [1.54, 1.807) is 13.8 Å². The Morgan fingerprint density at radius 1 is 1.29 bits per heavy atom. The molecule has 0 amide bonds. The van der Waals surface area contributed by atoms with Crippen LogP contribution in [0.15, 0.2) is 9.21 Å². The summed E-state index contributed by atoms with van der Waals surface area (Å²) in [4.78, 5) is 21.1. The van der Waals surface area contributed by atoms with Crippen LogP contribution in [0.2, 0.25) is 0 Å². The second-order valence-electron chi connectivity index (χ2n) is 5.21. The van der Waals surface area contributed by atoms with Crippen LogP contribution in [0.3, 0.4) is 0 Å². The first-order valence-electron chi connectivity index (χ1n) is 6.85. The molecule has 1 aliphatic rings. The molecule has 1 N–H and O–H groups in total. The van der Waals surface area contributed by atoms with Crippen LogP contribution in [0.25, 0.3) is 0 Å². The molecular formula is C13H16FN5O2. The molecule has 7 nitrogen and oxygen atoms in total. The number of halogens is 1. The molecule has 1 aliphatic heterocycles. The van der Waals surface area contributed by atoms with E-state index in [-0.39, 0.29) is 11.7 Å². The lowest BCUT2D eigenvalue weighted by molar-refractivity contribution is 0.377. The molecule has 2 aromatic heterocycles. The van der Waals surface area contributed by atoms with E-state index in [1.807, 2.05) is 4.90 Å². The van der Waals surface area contributed by atoms with Crippen molar-refractivity contribution in [2.45, 2.75) is 32.6 Å². The van der Waals surface area contributed by atoms with Gasteiger partial charge in [0.2, 0.25) is 5.89 Å². The lowest BCUT2D eigenvalue weighted by Crippen LogP contribution is -2.34. The quantitative estimate of drug-likeness (QED) is 0.897. The Labute approximate surface area is 120 Å². The Balaban J connectivity index is 1.75. The van der Waals surface area contributed by atoms with E-state index in [9.17, 15) is 9.18 Å². The van der Waals surface area contributed by atoms with Gasteiger partial charge in [-0.05, 0) is 26.7 Å². The SMILES string of the molecule is Cc1nc(C)c(F)c(N2CCC(c3n[nH]c(=O)o3)CC2)n1. The van der Waals surface area contributed by atoms with E-state index in [0.29, 0.717) is 36.3 Å². The molecule has 1 saturated heterocycles. The molecule has 0 spiro atoms. The zero-order valence-electron chi connectivity index (χ0n) is 11.9. The highest BCUT2D eigenvalue weighted by Crippen LogP contribution is 2.29. The summed E-state index contributed by atoms with van der Waals surface area (Å²) >= 11 is 0. The molecule has 3 rings (SSSR count). The minimum absolute atomic E-state index is 0.0762. The van der Waals surface area contributed by atoms with Gasteiger partial charge in [0.15, 0.2) is 11.6 Å². The van der Waals surface area contributed by atoms with Crippen molar-refractivity contribution in [1.29, 1.82) is 0 Å². The molecule has 2 aromatic rings. The van der Waals surface area contributed by atoms with Gasteiger partial charge in [-0.15, -0.1) is 5.10 Å². The van der Waals surface area contributed by atoms with Crippen LogP contribution in [0.1, 0.15) is 36.2 Å². The standard InChI is InChI=1S/C13H16FN5O2/c1-7-10(14)11(16-8(2)15-7)19-5-3-9(4-6-19)12-17-18-13(20)21-12/h9H,3-6H2,1-2H3,(H,18,20). The second-order valence-corrected chi connectivity index (χ2v) is 5.21. The van der Waals surface area contributed by atoms with E-state index in [2.05, 4.69) is 20.2 Å². The normalized spacial score (nSPS) is 16.4. The lowest BCUT2D eigenvalue weighted by atomic mass is 9.97. The average molecular weight is 293 g/mol. The molecule has 1 fully saturated rings. The van der Waals surface area contributed by atoms with E-state index in [1.165, 1.54) is 0 Å². The van der Waals surface area contributed by atoms with Gasteiger partial charge in [-0.3, -0.25) is 0 Å². The van der Waals surface area contributed by atoms with E-state index < -0.39 is 5.76 Å². The molecule has 0 saturated carbocycles. The summed E-state index contributed by atoms with van der Waals surface area (Å²) in [6, 6.07) is 0. The van der Waals surface area contributed by atoms with Crippen molar-refractivity contribution in [1.82, 2.24) is 20.2 Å². The Morgan fingerprint density at radius 3 is 2.62 bits per heavy atom. The van der Waals surface area contributed by atoms with Gasteiger partial charge in [0.25, 0.3) is 0 Å². The summed E-state index contributed by atoms with van der Waals surface area (Å²) in [7, 11) is 0. The summed E-state index contributed by atoms with van der Waals surface area (Å²) in [5.74, 6) is 0.500. The Bertz CT molecular complexity index is 703.